The first-order valence-corrected chi connectivity index (χ1v) is 8.09. The van der Waals surface area contributed by atoms with E-state index >= 15 is 0 Å². The van der Waals surface area contributed by atoms with Crippen molar-refractivity contribution in [1.29, 1.82) is 0 Å². The van der Waals surface area contributed by atoms with Crippen LogP contribution in [0, 0.1) is 0 Å². The molecule has 0 radical (unpaired) electrons. The van der Waals surface area contributed by atoms with E-state index in [1.807, 2.05) is 12.1 Å². The zero-order valence-electron chi connectivity index (χ0n) is 13.4. The molecule has 23 heavy (non-hydrogen) atoms. The second kappa shape index (κ2) is 6.81. The maximum absolute atomic E-state index is 12.1. The Hall–Kier alpha value is -2.37. The highest BCUT2D eigenvalue weighted by atomic mass is 16.2. The minimum absolute atomic E-state index is 0.0564. The topological polar surface area (TPSA) is 65.0 Å². The van der Waals surface area contributed by atoms with Crippen molar-refractivity contribution in [2.75, 3.05) is 25.0 Å². The van der Waals surface area contributed by atoms with Gasteiger partial charge in [-0.25, -0.2) is 5.01 Å². The molecule has 1 aromatic rings. The fraction of sp³-hybridized carbons (Fsp3) is 0.471. The summed E-state index contributed by atoms with van der Waals surface area (Å²) >= 11 is 0. The summed E-state index contributed by atoms with van der Waals surface area (Å²) in [6.45, 7) is 2.72. The van der Waals surface area contributed by atoms with Crippen molar-refractivity contribution in [3.05, 3.63) is 29.8 Å². The molecule has 0 spiro atoms. The van der Waals surface area contributed by atoms with E-state index in [0.717, 1.165) is 18.7 Å². The molecule has 6 nitrogen and oxygen atoms in total. The van der Waals surface area contributed by atoms with Crippen molar-refractivity contribution >= 4 is 23.2 Å². The molecule has 2 amide bonds. The van der Waals surface area contributed by atoms with Gasteiger partial charge < -0.3 is 10.2 Å². The quantitative estimate of drug-likeness (QED) is 0.916. The number of carbonyl (C=O) groups is 2. The number of carbonyl (C=O) groups excluding carboxylic acids is 2. The van der Waals surface area contributed by atoms with E-state index in [0.29, 0.717) is 25.1 Å². The van der Waals surface area contributed by atoms with E-state index in [9.17, 15) is 9.59 Å². The fourth-order valence-corrected chi connectivity index (χ4v) is 2.92. The summed E-state index contributed by atoms with van der Waals surface area (Å²) < 4.78 is 0. The van der Waals surface area contributed by atoms with Gasteiger partial charge >= 0.3 is 0 Å². The number of anilines is 1. The van der Waals surface area contributed by atoms with Crippen LogP contribution in [0.4, 0.5) is 5.69 Å². The first-order chi connectivity index (χ1) is 11.1. The molecule has 6 heteroatoms. The second-order valence-corrected chi connectivity index (χ2v) is 6.01. The van der Waals surface area contributed by atoms with Crippen LogP contribution in [0.1, 0.15) is 31.2 Å². The second-order valence-electron chi connectivity index (χ2n) is 6.01. The number of nitrogens with one attached hydrogen (secondary N) is 1. The molecule has 1 N–H and O–H groups in total. The average molecular weight is 314 g/mol. The Morgan fingerprint density at radius 3 is 2.52 bits per heavy atom. The third-order valence-corrected chi connectivity index (χ3v) is 4.33. The third kappa shape index (κ3) is 3.70. The van der Waals surface area contributed by atoms with Gasteiger partial charge in [0.25, 0.3) is 5.91 Å². The van der Waals surface area contributed by atoms with Gasteiger partial charge in [0.2, 0.25) is 5.91 Å². The number of hydrogen-bond donors (Lipinski definition) is 1. The van der Waals surface area contributed by atoms with Crippen LogP contribution in [0.3, 0.4) is 0 Å². The molecule has 2 aliphatic heterocycles. The Balaban J connectivity index is 1.54. The van der Waals surface area contributed by atoms with E-state index in [-0.39, 0.29) is 11.8 Å². The number of amides is 2. The molecule has 1 saturated heterocycles. The van der Waals surface area contributed by atoms with Crippen molar-refractivity contribution < 1.29 is 9.59 Å². The highest BCUT2D eigenvalue weighted by molar-refractivity contribution is 6.39. The number of hydrogen-bond acceptors (Lipinski definition) is 4. The van der Waals surface area contributed by atoms with Crippen LogP contribution in [0.15, 0.2) is 29.4 Å². The van der Waals surface area contributed by atoms with E-state index in [1.165, 1.54) is 23.5 Å². The monoisotopic (exact) mass is 314 g/mol. The van der Waals surface area contributed by atoms with E-state index in [2.05, 4.69) is 27.5 Å². The molecule has 1 fully saturated rings. The number of rotatable bonds is 4. The standard InChI is InChI=1S/C17H22N4O2/c1-20-16(22)9-8-15(19-20)17(23)18-12-13-4-6-14(7-5-13)21-10-2-3-11-21/h4-7H,2-3,8-12H2,1H3,(H,18,23). The number of benzene rings is 1. The summed E-state index contributed by atoms with van der Waals surface area (Å²) in [5, 5.41) is 8.13. The molecule has 3 rings (SSSR count). The molecule has 0 aliphatic carbocycles. The molecule has 1 aromatic carbocycles. The molecule has 0 bridgehead atoms. The van der Waals surface area contributed by atoms with Gasteiger partial charge in [0.05, 0.1) is 0 Å². The van der Waals surface area contributed by atoms with Gasteiger partial charge in [0.15, 0.2) is 0 Å². The Labute approximate surface area is 136 Å². The van der Waals surface area contributed by atoms with E-state index in [4.69, 9.17) is 0 Å². The van der Waals surface area contributed by atoms with Crippen molar-refractivity contribution in [2.24, 2.45) is 5.10 Å². The summed E-state index contributed by atoms with van der Waals surface area (Å²) in [5.41, 5.74) is 2.72. The molecule has 122 valence electrons. The largest absolute Gasteiger partial charge is 0.372 e. The molecular weight excluding hydrogens is 292 g/mol. The summed E-state index contributed by atoms with van der Waals surface area (Å²) in [6, 6.07) is 8.31. The van der Waals surface area contributed by atoms with Crippen LogP contribution in [-0.4, -0.2) is 42.7 Å². The zero-order valence-corrected chi connectivity index (χ0v) is 13.4. The average Bonchev–Trinajstić information content (AvgIpc) is 3.10. The maximum Gasteiger partial charge on any atom is 0.267 e. The predicted molar refractivity (Wildman–Crippen MR) is 89.2 cm³/mol. The maximum atomic E-state index is 12.1. The predicted octanol–water partition coefficient (Wildman–Crippen LogP) is 1.51. The van der Waals surface area contributed by atoms with E-state index in [1.54, 1.807) is 7.05 Å². The van der Waals surface area contributed by atoms with Crippen molar-refractivity contribution in [1.82, 2.24) is 10.3 Å². The Bertz CT molecular complexity index is 618. The first kappa shape index (κ1) is 15.5. The molecule has 0 unspecified atom stereocenters. The van der Waals surface area contributed by atoms with Gasteiger partial charge in [-0.3, -0.25) is 9.59 Å². The van der Waals surface area contributed by atoms with Crippen LogP contribution < -0.4 is 10.2 Å². The van der Waals surface area contributed by atoms with Crippen LogP contribution in [0.25, 0.3) is 0 Å². The lowest BCUT2D eigenvalue weighted by molar-refractivity contribution is -0.130. The highest BCUT2D eigenvalue weighted by Gasteiger charge is 2.21. The summed E-state index contributed by atoms with van der Waals surface area (Å²) in [4.78, 5) is 25.9. The van der Waals surface area contributed by atoms with Crippen LogP contribution in [-0.2, 0) is 16.1 Å². The summed E-state index contributed by atoms with van der Waals surface area (Å²) in [5.74, 6) is -0.257. The van der Waals surface area contributed by atoms with Gasteiger partial charge in [-0.05, 0) is 30.5 Å². The molecule has 2 aliphatic rings. The van der Waals surface area contributed by atoms with Gasteiger partial charge in [0.1, 0.15) is 5.71 Å². The molecule has 0 atom stereocenters. The van der Waals surface area contributed by atoms with Gasteiger partial charge in [0, 0.05) is 45.2 Å². The smallest absolute Gasteiger partial charge is 0.267 e. The summed E-state index contributed by atoms with van der Waals surface area (Å²) in [6.07, 6.45) is 3.27. The number of nitrogens with zero attached hydrogens (tertiary/aromatic N) is 3. The normalized spacial score (nSPS) is 18.1. The SMILES string of the molecule is CN1N=C(C(=O)NCc2ccc(N3CCCC3)cc2)CCC1=O. The van der Waals surface area contributed by atoms with Gasteiger partial charge in [-0.2, -0.15) is 5.10 Å². The lowest BCUT2D eigenvalue weighted by atomic mass is 10.1. The lowest BCUT2D eigenvalue weighted by Crippen LogP contribution is -2.37. The fourth-order valence-electron chi connectivity index (χ4n) is 2.92. The van der Waals surface area contributed by atoms with Crippen LogP contribution in [0.2, 0.25) is 0 Å². The van der Waals surface area contributed by atoms with Crippen molar-refractivity contribution in [3.63, 3.8) is 0 Å². The zero-order chi connectivity index (χ0) is 16.2. The van der Waals surface area contributed by atoms with Gasteiger partial charge in [-0.15, -0.1) is 0 Å². The van der Waals surface area contributed by atoms with Crippen LogP contribution >= 0.6 is 0 Å². The Morgan fingerprint density at radius 2 is 1.87 bits per heavy atom. The van der Waals surface area contributed by atoms with Crippen molar-refractivity contribution in [2.45, 2.75) is 32.2 Å². The van der Waals surface area contributed by atoms with Crippen LogP contribution in [0.5, 0.6) is 0 Å². The highest BCUT2D eigenvalue weighted by Crippen LogP contribution is 2.20. The Morgan fingerprint density at radius 1 is 1.17 bits per heavy atom. The molecule has 0 aromatic heterocycles. The molecule has 2 heterocycles. The van der Waals surface area contributed by atoms with Gasteiger partial charge in [-0.1, -0.05) is 12.1 Å². The summed E-state index contributed by atoms with van der Waals surface area (Å²) in [7, 11) is 1.58. The van der Waals surface area contributed by atoms with Crippen molar-refractivity contribution in [3.8, 4) is 0 Å². The molecular formula is C17H22N4O2. The number of hydrazone groups is 1. The first-order valence-electron chi connectivity index (χ1n) is 8.09. The lowest BCUT2D eigenvalue weighted by Gasteiger charge is -2.19. The third-order valence-electron chi connectivity index (χ3n) is 4.33. The minimum atomic E-state index is -0.201. The molecule has 0 saturated carbocycles. The van der Waals surface area contributed by atoms with E-state index < -0.39 is 0 Å². The minimum Gasteiger partial charge on any atom is -0.372 e. The Kier molecular flexibility index (Phi) is 4.60.